The van der Waals surface area contributed by atoms with Crippen LogP contribution in [-0.4, -0.2) is 43.1 Å². The van der Waals surface area contributed by atoms with E-state index in [4.69, 9.17) is 0 Å². The molecule has 94 valence electrons. The second kappa shape index (κ2) is 4.71. The Balaban J connectivity index is 2.31. The number of rotatable bonds is 4. The molecule has 0 saturated carbocycles. The van der Waals surface area contributed by atoms with E-state index in [2.05, 4.69) is 5.32 Å². The number of amides is 1. The number of carbonyl (C=O) groups is 1. The van der Waals surface area contributed by atoms with Gasteiger partial charge in [-0.3, -0.25) is 4.79 Å². The summed E-state index contributed by atoms with van der Waals surface area (Å²) in [5.74, 6) is 0.0513. The lowest BCUT2D eigenvalue weighted by Crippen LogP contribution is -2.38. The molecule has 0 aromatic heterocycles. The lowest BCUT2D eigenvalue weighted by Gasteiger charge is -2.18. The summed E-state index contributed by atoms with van der Waals surface area (Å²) >= 11 is 0. The molecule has 2 N–H and O–H groups in total. The van der Waals surface area contributed by atoms with E-state index in [1.54, 1.807) is 13.8 Å². The van der Waals surface area contributed by atoms with Crippen molar-refractivity contribution in [2.75, 3.05) is 18.1 Å². The van der Waals surface area contributed by atoms with E-state index in [1.165, 1.54) is 0 Å². The summed E-state index contributed by atoms with van der Waals surface area (Å²) in [5, 5.41) is 12.0. The third-order valence-corrected chi connectivity index (χ3v) is 4.36. The SMILES string of the molecule is CC(C)(O)CNC(=O)CC1CCS(=O)(=O)C1. The van der Waals surface area contributed by atoms with Gasteiger partial charge in [0, 0.05) is 13.0 Å². The van der Waals surface area contributed by atoms with E-state index >= 15 is 0 Å². The van der Waals surface area contributed by atoms with Crippen molar-refractivity contribution < 1.29 is 18.3 Å². The largest absolute Gasteiger partial charge is 0.389 e. The number of carbonyl (C=O) groups excluding carboxylic acids is 1. The fraction of sp³-hybridized carbons (Fsp3) is 0.900. The van der Waals surface area contributed by atoms with Gasteiger partial charge in [-0.25, -0.2) is 8.42 Å². The van der Waals surface area contributed by atoms with Gasteiger partial charge in [0.2, 0.25) is 5.91 Å². The zero-order chi connectivity index (χ0) is 12.4. The van der Waals surface area contributed by atoms with E-state index in [1.807, 2.05) is 0 Å². The van der Waals surface area contributed by atoms with Crippen molar-refractivity contribution in [2.45, 2.75) is 32.3 Å². The van der Waals surface area contributed by atoms with Crippen LogP contribution < -0.4 is 5.32 Å². The Bertz CT molecular complexity index is 356. The summed E-state index contributed by atoms with van der Waals surface area (Å²) in [7, 11) is -2.91. The van der Waals surface area contributed by atoms with Crippen LogP contribution in [-0.2, 0) is 14.6 Å². The fourth-order valence-electron chi connectivity index (χ4n) is 1.68. The first-order chi connectivity index (χ1) is 7.18. The molecule has 1 rings (SSSR count). The van der Waals surface area contributed by atoms with Gasteiger partial charge in [-0.1, -0.05) is 0 Å². The molecule has 0 aromatic carbocycles. The molecule has 1 saturated heterocycles. The summed E-state index contributed by atoms with van der Waals surface area (Å²) in [4.78, 5) is 11.4. The third-order valence-electron chi connectivity index (χ3n) is 2.52. The highest BCUT2D eigenvalue weighted by Crippen LogP contribution is 2.21. The van der Waals surface area contributed by atoms with Gasteiger partial charge in [0.15, 0.2) is 9.84 Å². The van der Waals surface area contributed by atoms with Crippen LogP contribution >= 0.6 is 0 Å². The summed E-state index contributed by atoms with van der Waals surface area (Å²) in [6.45, 7) is 3.39. The first-order valence-electron chi connectivity index (χ1n) is 5.37. The lowest BCUT2D eigenvalue weighted by molar-refractivity contribution is -0.122. The predicted molar refractivity (Wildman–Crippen MR) is 60.7 cm³/mol. The second-order valence-corrected chi connectivity index (χ2v) is 7.29. The van der Waals surface area contributed by atoms with Crippen LogP contribution in [0.15, 0.2) is 0 Å². The number of hydrogen-bond acceptors (Lipinski definition) is 4. The van der Waals surface area contributed by atoms with Crippen molar-refractivity contribution in [2.24, 2.45) is 5.92 Å². The molecule has 16 heavy (non-hydrogen) atoms. The monoisotopic (exact) mass is 249 g/mol. The van der Waals surface area contributed by atoms with Crippen LogP contribution in [0.5, 0.6) is 0 Å². The molecule has 1 unspecified atom stereocenters. The third kappa shape index (κ3) is 4.94. The Labute approximate surface area is 96.1 Å². The smallest absolute Gasteiger partial charge is 0.220 e. The number of aliphatic hydroxyl groups is 1. The van der Waals surface area contributed by atoms with Crippen molar-refractivity contribution in [1.29, 1.82) is 0 Å². The highest BCUT2D eigenvalue weighted by Gasteiger charge is 2.29. The van der Waals surface area contributed by atoms with Crippen molar-refractivity contribution in [3.63, 3.8) is 0 Å². The van der Waals surface area contributed by atoms with E-state index in [-0.39, 0.29) is 36.3 Å². The molecule has 1 fully saturated rings. The van der Waals surface area contributed by atoms with Crippen LogP contribution in [0.4, 0.5) is 0 Å². The highest BCUT2D eigenvalue weighted by molar-refractivity contribution is 7.91. The standard InChI is InChI=1S/C10H19NO4S/c1-10(2,13)7-11-9(12)5-8-3-4-16(14,15)6-8/h8,13H,3-7H2,1-2H3,(H,11,12). The minimum Gasteiger partial charge on any atom is -0.389 e. The maximum Gasteiger partial charge on any atom is 0.220 e. The van der Waals surface area contributed by atoms with Gasteiger partial charge >= 0.3 is 0 Å². The maximum absolute atomic E-state index is 11.4. The molecule has 1 atom stereocenters. The first-order valence-corrected chi connectivity index (χ1v) is 7.20. The van der Waals surface area contributed by atoms with Gasteiger partial charge < -0.3 is 10.4 Å². The van der Waals surface area contributed by atoms with Crippen LogP contribution in [0.2, 0.25) is 0 Å². The Hall–Kier alpha value is -0.620. The van der Waals surface area contributed by atoms with Gasteiger partial charge in [0.1, 0.15) is 0 Å². The average molecular weight is 249 g/mol. The van der Waals surface area contributed by atoms with E-state index in [0.717, 1.165) is 0 Å². The summed E-state index contributed by atoms with van der Waals surface area (Å²) < 4.78 is 22.3. The van der Waals surface area contributed by atoms with Gasteiger partial charge in [-0.2, -0.15) is 0 Å². The van der Waals surface area contributed by atoms with Gasteiger partial charge in [0.05, 0.1) is 17.1 Å². The normalized spacial score (nSPS) is 24.3. The van der Waals surface area contributed by atoms with Gasteiger partial charge in [0.25, 0.3) is 0 Å². The molecule has 1 heterocycles. The average Bonchev–Trinajstić information content (AvgIpc) is 2.41. The number of nitrogens with one attached hydrogen (secondary N) is 1. The van der Waals surface area contributed by atoms with E-state index in [9.17, 15) is 18.3 Å². The quantitative estimate of drug-likeness (QED) is 0.716. The molecule has 1 aliphatic rings. The molecular weight excluding hydrogens is 230 g/mol. The van der Waals surface area contributed by atoms with E-state index in [0.29, 0.717) is 6.42 Å². The van der Waals surface area contributed by atoms with Crippen LogP contribution in [0.1, 0.15) is 26.7 Å². The summed E-state index contributed by atoms with van der Waals surface area (Å²) in [6.07, 6.45) is 0.799. The zero-order valence-electron chi connectivity index (χ0n) is 9.69. The van der Waals surface area contributed by atoms with Crippen LogP contribution in [0.25, 0.3) is 0 Å². The van der Waals surface area contributed by atoms with Crippen molar-refractivity contribution in [3.8, 4) is 0 Å². The molecule has 0 radical (unpaired) electrons. The lowest BCUT2D eigenvalue weighted by atomic mass is 10.0. The van der Waals surface area contributed by atoms with Crippen LogP contribution in [0, 0.1) is 5.92 Å². The van der Waals surface area contributed by atoms with Gasteiger partial charge in [-0.15, -0.1) is 0 Å². The fourth-order valence-corrected chi connectivity index (χ4v) is 3.54. The molecule has 6 heteroatoms. The van der Waals surface area contributed by atoms with Gasteiger partial charge in [-0.05, 0) is 26.2 Å². The van der Waals surface area contributed by atoms with Crippen LogP contribution in [0.3, 0.4) is 0 Å². The highest BCUT2D eigenvalue weighted by atomic mass is 32.2. The molecule has 1 aliphatic heterocycles. The van der Waals surface area contributed by atoms with E-state index < -0.39 is 15.4 Å². The number of sulfone groups is 1. The predicted octanol–water partition coefficient (Wildman–Crippen LogP) is -0.302. The Morgan fingerprint density at radius 1 is 1.50 bits per heavy atom. The molecule has 1 amide bonds. The number of hydrogen-bond donors (Lipinski definition) is 2. The summed E-state index contributed by atoms with van der Waals surface area (Å²) in [5.41, 5.74) is -0.933. The molecule has 0 bridgehead atoms. The molecule has 0 spiro atoms. The van der Waals surface area contributed by atoms with Crippen molar-refractivity contribution in [1.82, 2.24) is 5.32 Å². The Morgan fingerprint density at radius 2 is 2.12 bits per heavy atom. The Morgan fingerprint density at radius 3 is 2.56 bits per heavy atom. The minimum atomic E-state index is -2.91. The Kier molecular flexibility index (Phi) is 3.96. The topological polar surface area (TPSA) is 83.5 Å². The molecule has 0 aliphatic carbocycles. The minimum absolute atomic E-state index is 0.0631. The molecule has 0 aromatic rings. The second-order valence-electron chi connectivity index (χ2n) is 5.06. The molecular formula is C10H19NO4S. The first kappa shape index (κ1) is 13.4. The zero-order valence-corrected chi connectivity index (χ0v) is 10.5. The maximum atomic E-state index is 11.4. The molecule has 5 nitrogen and oxygen atoms in total. The van der Waals surface area contributed by atoms with Crippen molar-refractivity contribution >= 4 is 15.7 Å². The van der Waals surface area contributed by atoms with Crippen molar-refractivity contribution in [3.05, 3.63) is 0 Å². The summed E-state index contributed by atoms with van der Waals surface area (Å²) in [6, 6.07) is 0.